The molecule has 108 valence electrons. The van der Waals surface area contributed by atoms with E-state index in [0.717, 1.165) is 0 Å². The van der Waals surface area contributed by atoms with Crippen LogP contribution in [0.1, 0.15) is 0 Å². The summed E-state index contributed by atoms with van der Waals surface area (Å²) in [4.78, 5) is 0.181. The summed E-state index contributed by atoms with van der Waals surface area (Å²) in [6.45, 7) is 2.13. The molecule has 0 saturated carbocycles. The summed E-state index contributed by atoms with van der Waals surface area (Å²) in [5.41, 5.74) is 0. The van der Waals surface area contributed by atoms with Gasteiger partial charge in [-0.1, -0.05) is 11.6 Å². The molecule has 0 aliphatic carbocycles. The van der Waals surface area contributed by atoms with Crippen LogP contribution in [0.25, 0.3) is 0 Å². The number of methoxy groups -OCH3 is 1. The number of hydrogen-bond donors (Lipinski definition) is 2. The van der Waals surface area contributed by atoms with Crippen LogP contribution in [0.2, 0.25) is 5.02 Å². The molecule has 0 bridgehead atoms. The van der Waals surface area contributed by atoms with E-state index in [2.05, 4.69) is 26.0 Å². The van der Waals surface area contributed by atoms with Crippen molar-refractivity contribution in [2.75, 3.05) is 33.4 Å². The zero-order valence-corrected chi connectivity index (χ0v) is 13.6. The van der Waals surface area contributed by atoms with E-state index in [4.69, 9.17) is 16.3 Å². The van der Waals surface area contributed by atoms with Crippen molar-refractivity contribution in [1.82, 2.24) is 10.0 Å². The monoisotopic (exact) mass is 370 g/mol. The molecule has 0 spiro atoms. The standard InChI is InChI=1S/C11H16BrClN2O3S/c1-18-7-6-14-4-5-15-19(16,17)9-2-3-11(13)10(12)8-9/h2-3,8,14-15H,4-7H2,1H3. The van der Waals surface area contributed by atoms with Crippen LogP contribution in [0.3, 0.4) is 0 Å². The fraction of sp³-hybridized carbons (Fsp3) is 0.455. The molecule has 5 nitrogen and oxygen atoms in total. The van der Waals surface area contributed by atoms with Crippen molar-refractivity contribution < 1.29 is 13.2 Å². The first-order chi connectivity index (χ1) is 8.97. The van der Waals surface area contributed by atoms with E-state index < -0.39 is 10.0 Å². The highest BCUT2D eigenvalue weighted by atomic mass is 79.9. The average molecular weight is 372 g/mol. The third-order valence-corrected chi connectivity index (χ3v) is 4.95. The Morgan fingerprint density at radius 2 is 2.05 bits per heavy atom. The molecule has 8 heteroatoms. The number of rotatable bonds is 8. The summed E-state index contributed by atoms with van der Waals surface area (Å²) < 4.78 is 31.8. The summed E-state index contributed by atoms with van der Waals surface area (Å²) in [5, 5.41) is 3.52. The predicted molar refractivity (Wildman–Crippen MR) is 79.1 cm³/mol. The molecule has 0 amide bonds. The van der Waals surface area contributed by atoms with Crippen LogP contribution in [0, 0.1) is 0 Å². The van der Waals surface area contributed by atoms with Crippen molar-refractivity contribution >= 4 is 37.6 Å². The van der Waals surface area contributed by atoms with E-state index in [1.165, 1.54) is 18.2 Å². The highest BCUT2D eigenvalue weighted by Gasteiger charge is 2.14. The summed E-state index contributed by atoms with van der Waals surface area (Å²) in [5.74, 6) is 0. The van der Waals surface area contributed by atoms with Crippen LogP contribution in [0.5, 0.6) is 0 Å². The van der Waals surface area contributed by atoms with Gasteiger partial charge in [-0.2, -0.15) is 0 Å². The van der Waals surface area contributed by atoms with Crippen LogP contribution < -0.4 is 10.0 Å². The topological polar surface area (TPSA) is 67.4 Å². The lowest BCUT2D eigenvalue weighted by Gasteiger charge is -2.08. The van der Waals surface area contributed by atoms with Gasteiger partial charge in [0.1, 0.15) is 0 Å². The third kappa shape index (κ3) is 5.76. The van der Waals surface area contributed by atoms with Gasteiger partial charge in [0, 0.05) is 31.2 Å². The van der Waals surface area contributed by atoms with Crippen molar-refractivity contribution in [1.29, 1.82) is 0 Å². The van der Waals surface area contributed by atoms with Crippen LogP contribution in [-0.2, 0) is 14.8 Å². The maximum Gasteiger partial charge on any atom is 0.240 e. The molecule has 1 aromatic rings. The Bertz CT molecular complexity index is 511. The Balaban J connectivity index is 2.49. The molecule has 1 aromatic carbocycles. The first kappa shape index (κ1) is 16.9. The predicted octanol–water partition coefficient (Wildman–Crippen LogP) is 1.62. The Hall–Kier alpha value is -0.180. The molecule has 0 aliphatic rings. The molecule has 19 heavy (non-hydrogen) atoms. The second kappa shape index (κ2) is 8.18. The lowest BCUT2D eigenvalue weighted by atomic mass is 10.4. The molecule has 2 N–H and O–H groups in total. The van der Waals surface area contributed by atoms with Crippen molar-refractivity contribution in [3.05, 3.63) is 27.7 Å². The summed E-state index contributed by atoms with van der Waals surface area (Å²) in [6, 6.07) is 4.48. The summed E-state index contributed by atoms with van der Waals surface area (Å²) in [6.07, 6.45) is 0. The van der Waals surface area contributed by atoms with Gasteiger partial charge in [-0.15, -0.1) is 0 Å². The zero-order chi connectivity index (χ0) is 14.3. The maximum atomic E-state index is 12.0. The van der Waals surface area contributed by atoms with Gasteiger partial charge in [-0.05, 0) is 34.1 Å². The minimum absolute atomic E-state index is 0.181. The molecule has 0 aliphatic heterocycles. The van der Waals surface area contributed by atoms with Crippen LogP contribution >= 0.6 is 27.5 Å². The Morgan fingerprint density at radius 3 is 2.68 bits per heavy atom. The van der Waals surface area contributed by atoms with Crippen molar-refractivity contribution in [3.63, 3.8) is 0 Å². The van der Waals surface area contributed by atoms with Gasteiger partial charge >= 0.3 is 0 Å². The number of ether oxygens (including phenoxy) is 1. The second-order valence-electron chi connectivity index (χ2n) is 3.72. The van der Waals surface area contributed by atoms with Gasteiger partial charge in [-0.25, -0.2) is 13.1 Å². The summed E-state index contributed by atoms with van der Waals surface area (Å²) in [7, 11) is -1.89. The average Bonchev–Trinajstić information content (AvgIpc) is 2.36. The molecular formula is C11H16BrClN2O3S. The lowest BCUT2D eigenvalue weighted by Crippen LogP contribution is -2.33. The first-order valence-electron chi connectivity index (χ1n) is 5.62. The van der Waals surface area contributed by atoms with Gasteiger partial charge < -0.3 is 10.1 Å². The minimum Gasteiger partial charge on any atom is -0.383 e. The maximum absolute atomic E-state index is 12.0. The highest BCUT2D eigenvalue weighted by molar-refractivity contribution is 9.10. The van der Waals surface area contributed by atoms with E-state index in [-0.39, 0.29) is 4.90 Å². The number of sulfonamides is 1. The van der Waals surface area contributed by atoms with Crippen LogP contribution in [0.15, 0.2) is 27.6 Å². The van der Waals surface area contributed by atoms with Crippen LogP contribution in [0.4, 0.5) is 0 Å². The third-order valence-electron chi connectivity index (χ3n) is 2.28. The van der Waals surface area contributed by atoms with Gasteiger partial charge in [0.2, 0.25) is 10.0 Å². The minimum atomic E-state index is -3.50. The van der Waals surface area contributed by atoms with E-state index in [1.807, 2.05) is 0 Å². The van der Waals surface area contributed by atoms with Crippen LogP contribution in [-0.4, -0.2) is 41.8 Å². The number of halogens is 2. The highest BCUT2D eigenvalue weighted by Crippen LogP contribution is 2.25. The fourth-order valence-corrected chi connectivity index (χ4v) is 3.01. The molecule has 0 radical (unpaired) electrons. The molecule has 0 aromatic heterocycles. The number of benzene rings is 1. The molecule has 1 rings (SSSR count). The van der Waals surface area contributed by atoms with Gasteiger partial charge in [0.15, 0.2) is 0 Å². The molecule has 0 unspecified atom stereocenters. The SMILES string of the molecule is COCCNCCNS(=O)(=O)c1ccc(Cl)c(Br)c1. The molecule has 0 fully saturated rings. The van der Waals surface area contributed by atoms with Crippen molar-refractivity contribution in [3.8, 4) is 0 Å². The van der Waals surface area contributed by atoms with Crippen molar-refractivity contribution in [2.45, 2.75) is 4.90 Å². The van der Waals surface area contributed by atoms with Gasteiger partial charge in [0.05, 0.1) is 16.5 Å². The summed E-state index contributed by atoms with van der Waals surface area (Å²) >= 11 is 9.02. The smallest absolute Gasteiger partial charge is 0.240 e. The first-order valence-corrected chi connectivity index (χ1v) is 8.27. The largest absolute Gasteiger partial charge is 0.383 e. The van der Waals surface area contributed by atoms with Gasteiger partial charge in [0.25, 0.3) is 0 Å². The molecule has 0 saturated heterocycles. The number of nitrogens with one attached hydrogen (secondary N) is 2. The number of hydrogen-bond acceptors (Lipinski definition) is 4. The van der Waals surface area contributed by atoms with Gasteiger partial charge in [-0.3, -0.25) is 0 Å². The molecular weight excluding hydrogens is 356 g/mol. The normalized spacial score (nSPS) is 11.7. The van der Waals surface area contributed by atoms with E-state index >= 15 is 0 Å². The quantitative estimate of drug-likeness (QED) is 0.681. The van der Waals surface area contributed by atoms with E-state index in [9.17, 15) is 8.42 Å². The van der Waals surface area contributed by atoms with Crippen molar-refractivity contribution in [2.24, 2.45) is 0 Å². The lowest BCUT2D eigenvalue weighted by molar-refractivity contribution is 0.199. The Labute approximate surface area is 126 Å². The fourth-order valence-electron chi connectivity index (χ4n) is 1.30. The van der Waals surface area contributed by atoms with E-state index in [1.54, 1.807) is 7.11 Å². The second-order valence-corrected chi connectivity index (χ2v) is 6.74. The Kier molecular flexibility index (Phi) is 7.27. The van der Waals surface area contributed by atoms with E-state index in [0.29, 0.717) is 35.7 Å². The zero-order valence-electron chi connectivity index (χ0n) is 10.4. The molecule has 0 atom stereocenters. The molecule has 0 heterocycles. The Morgan fingerprint density at radius 1 is 1.32 bits per heavy atom.